The number of nitrogens with zero attached hydrogens (tertiary/aromatic N) is 3. The molecule has 0 saturated heterocycles. The zero-order valence-corrected chi connectivity index (χ0v) is 12.3. The summed E-state index contributed by atoms with van der Waals surface area (Å²) >= 11 is 0. The monoisotopic (exact) mass is 319 g/mol. The molecule has 0 aliphatic rings. The van der Waals surface area contributed by atoms with Crippen molar-refractivity contribution in [1.29, 1.82) is 0 Å². The van der Waals surface area contributed by atoms with Gasteiger partial charge in [0.15, 0.2) is 0 Å². The van der Waals surface area contributed by atoms with Crippen molar-refractivity contribution in [3.05, 3.63) is 58.2 Å². The summed E-state index contributed by atoms with van der Waals surface area (Å²) in [7, 11) is 0. The number of benzene rings is 1. The van der Waals surface area contributed by atoms with E-state index in [1.54, 1.807) is 24.7 Å². The standard InChI is InChI=1S/C14H17N5O4/c15-14(20)18(23-7-1-2-12-8-16-10-17-12)9-11-3-5-13(6-4-11)19(21)22/h3-6,8,10H,1-2,7,9H2,(H2,15,20)(H,16,17). The number of nitrogens with two attached hydrogens (primary N) is 1. The quantitative estimate of drug-likeness (QED) is 0.435. The van der Waals surface area contributed by atoms with Gasteiger partial charge in [0.05, 0.1) is 30.1 Å². The van der Waals surface area contributed by atoms with Crippen LogP contribution in [-0.4, -0.2) is 32.6 Å². The maximum absolute atomic E-state index is 11.4. The lowest BCUT2D eigenvalue weighted by molar-refractivity contribution is -0.384. The van der Waals surface area contributed by atoms with Crippen molar-refractivity contribution in [3.8, 4) is 0 Å². The lowest BCUT2D eigenvalue weighted by Gasteiger charge is -2.19. The number of non-ortho nitro benzene ring substituents is 1. The zero-order valence-electron chi connectivity index (χ0n) is 12.3. The molecule has 1 aromatic carbocycles. The van der Waals surface area contributed by atoms with Crippen LogP contribution >= 0.6 is 0 Å². The number of urea groups is 1. The Balaban J connectivity index is 1.83. The number of rotatable bonds is 8. The maximum Gasteiger partial charge on any atom is 0.339 e. The van der Waals surface area contributed by atoms with E-state index < -0.39 is 11.0 Å². The van der Waals surface area contributed by atoms with E-state index in [4.69, 9.17) is 10.6 Å². The fraction of sp³-hybridized carbons (Fsp3) is 0.286. The normalized spacial score (nSPS) is 10.4. The highest BCUT2D eigenvalue weighted by atomic mass is 16.7. The summed E-state index contributed by atoms with van der Waals surface area (Å²) in [5, 5.41) is 11.6. The molecule has 2 aromatic rings. The molecule has 0 saturated carbocycles. The molecule has 23 heavy (non-hydrogen) atoms. The molecule has 0 atom stereocenters. The van der Waals surface area contributed by atoms with Crippen molar-refractivity contribution < 1.29 is 14.6 Å². The molecule has 0 spiro atoms. The molecule has 0 radical (unpaired) electrons. The molecule has 1 aromatic heterocycles. The number of aromatic nitrogens is 2. The van der Waals surface area contributed by atoms with Crippen LogP contribution in [0.2, 0.25) is 0 Å². The van der Waals surface area contributed by atoms with Crippen LogP contribution in [0.4, 0.5) is 10.5 Å². The second kappa shape index (κ2) is 7.90. The molecule has 122 valence electrons. The van der Waals surface area contributed by atoms with Gasteiger partial charge in [0, 0.05) is 18.3 Å². The van der Waals surface area contributed by atoms with Crippen LogP contribution in [0.5, 0.6) is 0 Å². The Morgan fingerprint density at radius 1 is 1.39 bits per heavy atom. The van der Waals surface area contributed by atoms with Crippen molar-refractivity contribution in [1.82, 2.24) is 15.0 Å². The Kier molecular flexibility index (Phi) is 5.64. The molecular formula is C14H17N5O4. The third kappa shape index (κ3) is 5.08. The van der Waals surface area contributed by atoms with Crippen molar-refractivity contribution in [2.24, 2.45) is 5.73 Å². The van der Waals surface area contributed by atoms with Crippen LogP contribution in [-0.2, 0) is 17.8 Å². The largest absolute Gasteiger partial charge is 0.351 e. The smallest absolute Gasteiger partial charge is 0.339 e. The minimum Gasteiger partial charge on any atom is -0.351 e. The van der Waals surface area contributed by atoms with Gasteiger partial charge < -0.3 is 10.7 Å². The fourth-order valence-electron chi connectivity index (χ4n) is 1.93. The second-order valence-electron chi connectivity index (χ2n) is 4.80. The second-order valence-corrected chi connectivity index (χ2v) is 4.80. The van der Waals surface area contributed by atoms with Crippen LogP contribution in [0.15, 0.2) is 36.8 Å². The van der Waals surface area contributed by atoms with Crippen molar-refractivity contribution in [2.75, 3.05) is 6.61 Å². The highest BCUT2D eigenvalue weighted by Crippen LogP contribution is 2.13. The van der Waals surface area contributed by atoms with E-state index in [0.717, 1.165) is 10.8 Å². The molecule has 9 heteroatoms. The van der Waals surface area contributed by atoms with Gasteiger partial charge in [0.1, 0.15) is 0 Å². The Morgan fingerprint density at radius 2 is 2.13 bits per heavy atom. The number of imidazole rings is 1. The molecule has 1 heterocycles. The van der Waals surface area contributed by atoms with Crippen LogP contribution in [0.25, 0.3) is 0 Å². The number of nitrogens with one attached hydrogen (secondary N) is 1. The fourth-order valence-corrected chi connectivity index (χ4v) is 1.93. The number of aryl methyl sites for hydroxylation is 1. The lowest BCUT2D eigenvalue weighted by atomic mass is 10.2. The summed E-state index contributed by atoms with van der Waals surface area (Å²) in [6.07, 6.45) is 4.78. The highest BCUT2D eigenvalue weighted by molar-refractivity contribution is 5.70. The summed E-state index contributed by atoms with van der Waals surface area (Å²) in [5.74, 6) is 0. The molecule has 0 unspecified atom stereocenters. The molecule has 0 bridgehead atoms. The molecule has 2 amide bonds. The summed E-state index contributed by atoms with van der Waals surface area (Å²) in [6, 6.07) is 5.13. The third-order valence-corrected chi connectivity index (χ3v) is 3.10. The molecule has 0 aliphatic carbocycles. The molecule has 0 aliphatic heterocycles. The predicted octanol–water partition coefficient (Wildman–Crippen LogP) is 1.76. The van der Waals surface area contributed by atoms with Gasteiger partial charge in [-0.1, -0.05) is 12.1 Å². The number of carbonyl (C=O) groups is 1. The topological polar surface area (TPSA) is 127 Å². The van der Waals surface area contributed by atoms with E-state index in [2.05, 4.69) is 9.97 Å². The van der Waals surface area contributed by atoms with Crippen LogP contribution in [0.1, 0.15) is 17.7 Å². The Morgan fingerprint density at radius 3 is 2.70 bits per heavy atom. The number of nitro benzene ring substituents is 1. The average Bonchev–Trinajstić information content (AvgIpc) is 3.04. The van der Waals surface area contributed by atoms with Gasteiger partial charge in [-0.25, -0.2) is 9.78 Å². The summed E-state index contributed by atoms with van der Waals surface area (Å²) in [5.41, 5.74) is 6.86. The van der Waals surface area contributed by atoms with Gasteiger partial charge in [-0.05, 0) is 18.4 Å². The molecule has 3 N–H and O–H groups in total. The van der Waals surface area contributed by atoms with Crippen LogP contribution < -0.4 is 5.73 Å². The van der Waals surface area contributed by atoms with E-state index in [9.17, 15) is 14.9 Å². The van der Waals surface area contributed by atoms with Gasteiger partial charge in [-0.2, -0.15) is 5.06 Å². The first-order valence-electron chi connectivity index (χ1n) is 6.97. The summed E-state index contributed by atoms with van der Waals surface area (Å²) in [6.45, 7) is 0.429. The van der Waals surface area contributed by atoms with E-state index in [-0.39, 0.29) is 12.2 Å². The summed E-state index contributed by atoms with van der Waals surface area (Å²) in [4.78, 5) is 33.8. The molecule has 2 rings (SSSR count). The third-order valence-electron chi connectivity index (χ3n) is 3.10. The Hall–Kier alpha value is -2.94. The number of hydroxylamine groups is 2. The highest BCUT2D eigenvalue weighted by Gasteiger charge is 2.12. The lowest BCUT2D eigenvalue weighted by Crippen LogP contribution is -2.35. The minimum atomic E-state index is -0.719. The number of primary amides is 1. The van der Waals surface area contributed by atoms with Gasteiger partial charge >= 0.3 is 6.03 Å². The number of amides is 2. The molecule has 9 nitrogen and oxygen atoms in total. The van der Waals surface area contributed by atoms with Gasteiger partial charge in [-0.3, -0.25) is 15.0 Å². The first kappa shape index (κ1) is 16.4. The number of carbonyl (C=O) groups excluding carboxylic acids is 1. The van der Waals surface area contributed by atoms with Crippen LogP contribution in [0.3, 0.4) is 0 Å². The zero-order chi connectivity index (χ0) is 16.7. The number of aromatic amines is 1. The molecule has 0 fully saturated rings. The minimum absolute atomic E-state index is 0.0145. The number of hydrogen-bond donors (Lipinski definition) is 2. The molecular weight excluding hydrogens is 302 g/mol. The van der Waals surface area contributed by atoms with Crippen molar-refractivity contribution in [2.45, 2.75) is 19.4 Å². The van der Waals surface area contributed by atoms with Crippen molar-refractivity contribution >= 4 is 11.7 Å². The predicted molar refractivity (Wildman–Crippen MR) is 81.1 cm³/mol. The first-order valence-corrected chi connectivity index (χ1v) is 6.97. The number of H-pyrrole nitrogens is 1. The van der Waals surface area contributed by atoms with E-state index in [0.29, 0.717) is 25.0 Å². The van der Waals surface area contributed by atoms with Crippen molar-refractivity contribution in [3.63, 3.8) is 0 Å². The SMILES string of the molecule is NC(=O)N(Cc1ccc([N+](=O)[O-])cc1)OCCCc1c[nH]cn1. The number of hydrogen-bond acceptors (Lipinski definition) is 5. The van der Waals surface area contributed by atoms with Gasteiger partial charge in [0.2, 0.25) is 0 Å². The maximum atomic E-state index is 11.4. The Labute approximate surface area is 132 Å². The average molecular weight is 319 g/mol. The van der Waals surface area contributed by atoms with Crippen LogP contribution in [0, 0.1) is 10.1 Å². The van der Waals surface area contributed by atoms with E-state index >= 15 is 0 Å². The Bertz CT molecular complexity index is 642. The van der Waals surface area contributed by atoms with E-state index in [1.165, 1.54) is 12.1 Å². The first-order chi connectivity index (χ1) is 11.1. The summed E-state index contributed by atoms with van der Waals surface area (Å²) < 4.78 is 0. The van der Waals surface area contributed by atoms with Gasteiger partial charge in [-0.15, -0.1) is 0 Å². The van der Waals surface area contributed by atoms with Gasteiger partial charge in [0.25, 0.3) is 5.69 Å². The number of nitro groups is 1. The van der Waals surface area contributed by atoms with E-state index in [1.807, 2.05) is 0 Å².